The van der Waals surface area contributed by atoms with Gasteiger partial charge in [0.15, 0.2) is 0 Å². The largest absolute Gasteiger partial charge is 0.508 e. The number of hydrogen-bond acceptors (Lipinski definition) is 3. The van der Waals surface area contributed by atoms with Crippen molar-refractivity contribution in [1.29, 1.82) is 0 Å². The van der Waals surface area contributed by atoms with Crippen molar-refractivity contribution in [2.75, 3.05) is 19.6 Å². The van der Waals surface area contributed by atoms with Gasteiger partial charge in [-0.25, -0.2) is 8.78 Å². The van der Waals surface area contributed by atoms with Crippen LogP contribution in [0.4, 0.5) is 8.78 Å². The van der Waals surface area contributed by atoms with Gasteiger partial charge in [0.05, 0.1) is 11.6 Å². The first-order valence-corrected chi connectivity index (χ1v) is 8.30. The number of amides is 1. The zero-order valence-electron chi connectivity index (χ0n) is 13.9. The summed E-state index contributed by atoms with van der Waals surface area (Å²) in [5.74, 6) is -1.26. The molecule has 0 aromatic heterocycles. The Kier molecular flexibility index (Phi) is 5.16. The molecule has 0 spiro atoms. The van der Waals surface area contributed by atoms with Crippen LogP contribution in [0.3, 0.4) is 0 Å². The van der Waals surface area contributed by atoms with E-state index in [2.05, 4.69) is 5.32 Å². The summed E-state index contributed by atoms with van der Waals surface area (Å²) in [6, 6.07) is 9.34. The molecule has 138 valence electrons. The average molecular weight is 381 g/mol. The number of fused-ring (bicyclic) bond motifs is 1. The van der Waals surface area contributed by atoms with Crippen LogP contribution in [0, 0.1) is 23.5 Å². The number of rotatable bonds is 2. The molecule has 3 atom stereocenters. The van der Waals surface area contributed by atoms with E-state index in [0.717, 1.165) is 25.2 Å². The predicted molar refractivity (Wildman–Crippen MR) is 95.3 cm³/mol. The van der Waals surface area contributed by atoms with Gasteiger partial charge in [-0.05, 0) is 41.8 Å². The first-order valence-electron chi connectivity index (χ1n) is 8.30. The van der Waals surface area contributed by atoms with E-state index in [1.807, 2.05) is 0 Å². The lowest BCUT2D eigenvalue weighted by molar-refractivity contribution is 0.0708. The molecule has 2 N–H and O–H groups in total. The number of hydrogen-bond donors (Lipinski definition) is 2. The summed E-state index contributed by atoms with van der Waals surface area (Å²) in [7, 11) is 0. The molecule has 26 heavy (non-hydrogen) atoms. The van der Waals surface area contributed by atoms with Crippen molar-refractivity contribution in [1.82, 2.24) is 10.2 Å². The van der Waals surface area contributed by atoms with E-state index in [9.17, 15) is 18.7 Å². The Morgan fingerprint density at radius 2 is 1.96 bits per heavy atom. The minimum absolute atomic E-state index is 0. The summed E-state index contributed by atoms with van der Waals surface area (Å²) in [6.07, 6.45) is 0. The van der Waals surface area contributed by atoms with Gasteiger partial charge >= 0.3 is 0 Å². The van der Waals surface area contributed by atoms with Crippen molar-refractivity contribution in [2.24, 2.45) is 11.8 Å². The molecule has 2 aromatic carbocycles. The predicted octanol–water partition coefficient (Wildman–Crippen LogP) is 3.12. The highest BCUT2D eigenvalue weighted by atomic mass is 35.5. The molecule has 4 nitrogen and oxygen atoms in total. The van der Waals surface area contributed by atoms with Gasteiger partial charge < -0.3 is 15.3 Å². The molecule has 0 radical (unpaired) electrons. The van der Waals surface area contributed by atoms with Gasteiger partial charge in [0.25, 0.3) is 5.91 Å². The molecule has 0 aliphatic carbocycles. The van der Waals surface area contributed by atoms with Gasteiger partial charge in [-0.1, -0.05) is 12.1 Å². The number of nitrogens with zero attached hydrogens (tertiary/aromatic N) is 1. The van der Waals surface area contributed by atoms with Crippen LogP contribution in [0.2, 0.25) is 0 Å². The fourth-order valence-corrected chi connectivity index (χ4v) is 4.08. The number of carbonyl (C=O) groups is 1. The first kappa shape index (κ1) is 18.6. The van der Waals surface area contributed by atoms with Crippen molar-refractivity contribution in [3.63, 3.8) is 0 Å². The van der Waals surface area contributed by atoms with Crippen molar-refractivity contribution in [3.05, 3.63) is 65.2 Å². The van der Waals surface area contributed by atoms with E-state index >= 15 is 0 Å². The van der Waals surface area contributed by atoms with Crippen molar-refractivity contribution in [2.45, 2.75) is 6.04 Å². The zero-order valence-corrected chi connectivity index (χ0v) is 14.7. The molecule has 2 fully saturated rings. The molecule has 2 aliphatic heterocycles. The molecule has 2 aromatic rings. The van der Waals surface area contributed by atoms with Gasteiger partial charge in [0.2, 0.25) is 0 Å². The third-order valence-electron chi connectivity index (χ3n) is 5.20. The molecular formula is C19H19ClF2N2O2. The Labute approximate surface area is 156 Å². The number of halogens is 3. The second kappa shape index (κ2) is 7.21. The summed E-state index contributed by atoms with van der Waals surface area (Å²) in [6.45, 7) is 1.99. The Hall–Kier alpha value is -2.18. The van der Waals surface area contributed by atoms with Crippen LogP contribution >= 0.6 is 12.4 Å². The Morgan fingerprint density at radius 3 is 2.73 bits per heavy atom. The number of carbonyl (C=O) groups excluding carboxylic acids is 1. The SMILES string of the molecule is Cl.O=C(c1cc(O)ccc1F)N1C[C@@H]2CNC[C@@H]2[C@@H]1c1cccc(F)c1. The second-order valence-electron chi connectivity index (χ2n) is 6.70. The maximum Gasteiger partial charge on any atom is 0.257 e. The third kappa shape index (κ3) is 3.15. The highest BCUT2D eigenvalue weighted by Crippen LogP contribution is 2.43. The van der Waals surface area contributed by atoms with Crippen LogP contribution in [-0.4, -0.2) is 35.5 Å². The van der Waals surface area contributed by atoms with E-state index in [1.165, 1.54) is 18.2 Å². The standard InChI is InChI=1S/C19H18F2N2O2.ClH/c20-13-3-1-2-11(6-13)18-16-9-22-8-12(16)10-23(18)19(25)15-7-14(24)4-5-17(15)21;/h1-7,12,16,18,22,24H,8-10H2;1H/t12-,16-,18-;/m0./s1. The monoisotopic (exact) mass is 380 g/mol. The van der Waals surface area contributed by atoms with Crippen LogP contribution in [0.1, 0.15) is 22.0 Å². The topological polar surface area (TPSA) is 52.6 Å². The smallest absolute Gasteiger partial charge is 0.257 e. The number of aromatic hydroxyl groups is 1. The molecule has 0 bridgehead atoms. The summed E-state index contributed by atoms with van der Waals surface area (Å²) < 4.78 is 27.8. The van der Waals surface area contributed by atoms with Crippen molar-refractivity contribution >= 4 is 18.3 Å². The van der Waals surface area contributed by atoms with Crippen LogP contribution in [0.25, 0.3) is 0 Å². The van der Waals surface area contributed by atoms with Crippen LogP contribution in [0.5, 0.6) is 5.75 Å². The van der Waals surface area contributed by atoms with Gasteiger partial charge in [-0.3, -0.25) is 4.79 Å². The minimum Gasteiger partial charge on any atom is -0.508 e. The minimum atomic E-state index is -0.670. The summed E-state index contributed by atoms with van der Waals surface area (Å²) in [5, 5.41) is 12.9. The molecule has 2 aliphatic rings. The van der Waals surface area contributed by atoms with E-state index in [-0.39, 0.29) is 47.4 Å². The molecule has 1 amide bonds. The highest BCUT2D eigenvalue weighted by Gasteiger charge is 2.47. The maximum absolute atomic E-state index is 14.1. The highest BCUT2D eigenvalue weighted by molar-refractivity contribution is 5.95. The first-order chi connectivity index (χ1) is 12.0. The molecule has 7 heteroatoms. The number of phenolic OH excluding ortho intramolecular Hbond substituents is 1. The van der Waals surface area contributed by atoms with Crippen molar-refractivity contribution in [3.8, 4) is 5.75 Å². The lowest BCUT2D eigenvalue weighted by Gasteiger charge is -2.28. The normalized spacial score (nSPS) is 24.2. The number of nitrogens with one attached hydrogen (secondary N) is 1. The zero-order chi connectivity index (χ0) is 17.6. The summed E-state index contributed by atoms with van der Waals surface area (Å²) >= 11 is 0. The average Bonchev–Trinajstić information content (AvgIpc) is 3.17. The van der Waals surface area contributed by atoms with Gasteiger partial charge in [-0.15, -0.1) is 12.4 Å². The van der Waals surface area contributed by atoms with E-state index in [4.69, 9.17) is 0 Å². The fourth-order valence-electron chi connectivity index (χ4n) is 4.08. The Balaban J connectivity index is 0.00000196. The summed E-state index contributed by atoms with van der Waals surface area (Å²) in [5.41, 5.74) is 0.555. The fraction of sp³-hybridized carbons (Fsp3) is 0.316. The van der Waals surface area contributed by atoms with Crippen LogP contribution in [-0.2, 0) is 0 Å². The van der Waals surface area contributed by atoms with E-state index in [1.54, 1.807) is 17.0 Å². The molecule has 4 rings (SSSR count). The van der Waals surface area contributed by atoms with E-state index < -0.39 is 11.7 Å². The van der Waals surface area contributed by atoms with Gasteiger partial charge in [0.1, 0.15) is 17.4 Å². The number of phenols is 1. The number of benzene rings is 2. The summed E-state index contributed by atoms with van der Waals surface area (Å²) in [4.78, 5) is 14.6. The molecule has 2 saturated heterocycles. The van der Waals surface area contributed by atoms with Crippen LogP contribution < -0.4 is 5.32 Å². The lowest BCUT2D eigenvalue weighted by atomic mass is 9.89. The molecule has 2 heterocycles. The Morgan fingerprint density at radius 1 is 1.15 bits per heavy atom. The van der Waals surface area contributed by atoms with Crippen LogP contribution in [0.15, 0.2) is 42.5 Å². The maximum atomic E-state index is 14.1. The van der Waals surface area contributed by atoms with E-state index in [0.29, 0.717) is 12.1 Å². The molecule has 0 unspecified atom stereocenters. The Bertz CT molecular complexity index is 833. The van der Waals surface area contributed by atoms with Gasteiger partial charge in [-0.2, -0.15) is 0 Å². The molecule has 0 saturated carbocycles. The third-order valence-corrected chi connectivity index (χ3v) is 5.20. The quantitative estimate of drug-likeness (QED) is 0.841. The number of likely N-dealkylation sites (tertiary alicyclic amines) is 1. The lowest BCUT2D eigenvalue weighted by Crippen LogP contribution is -2.35. The van der Waals surface area contributed by atoms with Crippen molar-refractivity contribution < 1.29 is 18.7 Å². The second-order valence-corrected chi connectivity index (χ2v) is 6.70. The van der Waals surface area contributed by atoms with Gasteiger partial charge in [0, 0.05) is 25.6 Å². The molecular weight excluding hydrogens is 362 g/mol.